The molecule has 0 aliphatic rings. The average Bonchev–Trinajstić information content (AvgIpc) is 3.27. The van der Waals surface area contributed by atoms with E-state index in [2.05, 4.69) is 10.1 Å². The zero-order chi connectivity index (χ0) is 26.3. The van der Waals surface area contributed by atoms with Gasteiger partial charge in [-0.3, -0.25) is 14.6 Å². The Labute approximate surface area is 208 Å². The molecular formula is C27H20F3N5O2. The number of amides is 1. The number of fused-ring (bicyclic) bond motifs is 1. The molecule has 1 amide bonds. The summed E-state index contributed by atoms with van der Waals surface area (Å²) in [6.45, 7) is 1.86. The highest BCUT2D eigenvalue weighted by Gasteiger charge is 2.30. The van der Waals surface area contributed by atoms with Gasteiger partial charge in [0, 0.05) is 35.0 Å². The largest absolute Gasteiger partial charge is 0.416 e. The van der Waals surface area contributed by atoms with Crippen LogP contribution >= 0.6 is 0 Å². The van der Waals surface area contributed by atoms with Crippen molar-refractivity contribution in [2.45, 2.75) is 19.1 Å². The monoisotopic (exact) mass is 503 g/mol. The lowest BCUT2D eigenvalue weighted by molar-refractivity contribution is -0.137. The Morgan fingerprint density at radius 3 is 2.38 bits per heavy atom. The summed E-state index contributed by atoms with van der Waals surface area (Å²) in [5.41, 5.74) is 7.07. The van der Waals surface area contributed by atoms with Gasteiger partial charge in [-0.15, -0.1) is 0 Å². The van der Waals surface area contributed by atoms with Crippen LogP contribution in [-0.4, -0.2) is 25.2 Å². The third-order valence-electron chi connectivity index (χ3n) is 6.16. The molecule has 7 nitrogen and oxygen atoms in total. The minimum absolute atomic E-state index is 0.215. The zero-order valence-corrected chi connectivity index (χ0v) is 19.5. The number of halogens is 3. The topological polar surface area (TPSA) is 95.8 Å². The van der Waals surface area contributed by atoms with E-state index in [-0.39, 0.29) is 17.2 Å². The number of hydrogen-bond acceptors (Lipinski definition) is 4. The molecule has 3 heterocycles. The first kappa shape index (κ1) is 24.0. The van der Waals surface area contributed by atoms with Crippen molar-refractivity contribution in [1.29, 1.82) is 0 Å². The molecule has 0 fully saturated rings. The molecule has 3 aromatic heterocycles. The molecule has 2 N–H and O–H groups in total. The minimum Gasteiger partial charge on any atom is -0.366 e. The summed E-state index contributed by atoms with van der Waals surface area (Å²) >= 11 is 0. The number of primary amides is 1. The Kier molecular flexibility index (Phi) is 5.87. The lowest BCUT2D eigenvalue weighted by atomic mass is 10.1. The Morgan fingerprint density at radius 2 is 1.76 bits per heavy atom. The Hall–Kier alpha value is -4.73. The zero-order valence-electron chi connectivity index (χ0n) is 19.5. The molecule has 0 aliphatic heterocycles. The van der Waals surface area contributed by atoms with Crippen LogP contribution in [0.5, 0.6) is 0 Å². The SMILES string of the molecule is C[C@@H](c1ccccn1)n1ccc(-c2nn(-c3ccc(C(F)(F)F)cc3)c3cc(C(N)=O)ccc23)cc1=O. The second-order valence-corrected chi connectivity index (χ2v) is 8.49. The molecular weight excluding hydrogens is 483 g/mol. The van der Waals surface area contributed by atoms with Gasteiger partial charge in [-0.2, -0.15) is 18.3 Å². The van der Waals surface area contributed by atoms with E-state index in [1.807, 2.05) is 19.1 Å². The Bertz CT molecular complexity index is 1670. The fourth-order valence-electron chi connectivity index (χ4n) is 4.19. The van der Waals surface area contributed by atoms with Crippen molar-refractivity contribution in [2.24, 2.45) is 5.73 Å². The smallest absolute Gasteiger partial charge is 0.366 e. The molecule has 0 saturated carbocycles. The van der Waals surface area contributed by atoms with Crippen molar-refractivity contribution >= 4 is 16.8 Å². The quantitative estimate of drug-likeness (QED) is 0.366. The number of carbonyl (C=O) groups is 1. The molecule has 0 aliphatic carbocycles. The van der Waals surface area contributed by atoms with Crippen LogP contribution in [0.1, 0.15) is 34.6 Å². The molecule has 5 aromatic rings. The van der Waals surface area contributed by atoms with E-state index in [0.29, 0.717) is 27.8 Å². The van der Waals surface area contributed by atoms with Crippen molar-refractivity contribution in [1.82, 2.24) is 19.3 Å². The molecule has 0 bridgehead atoms. The molecule has 0 unspecified atom stereocenters. The maximum atomic E-state index is 13.1. The summed E-state index contributed by atoms with van der Waals surface area (Å²) in [4.78, 5) is 29.2. The van der Waals surface area contributed by atoms with Crippen LogP contribution in [0.25, 0.3) is 27.8 Å². The predicted molar refractivity (Wildman–Crippen MR) is 132 cm³/mol. The number of hydrogen-bond donors (Lipinski definition) is 1. The first-order chi connectivity index (χ1) is 17.6. The molecule has 1 atom stereocenters. The first-order valence-corrected chi connectivity index (χ1v) is 11.3. The number of carbonyl (C=O) groups excluding carboxylic acids is 1. The summed E-state index contributed by atoms with van der Waals surface area (Å²) in [5, 5.41) is 5.22. The van der Waals surface area contributed by atoms with Crippen molar-refractivity contribution in [3.63, 3.8) is 0 Å². The van der Waals surface area contributed by atoms with E-state index in [9.17, 15) is 22.8 Å². The van der Waals surface area contributed by atoms with Crippen LogP contribution in [0.4, 0.5) is 13.2 Å². The number of rotatable bonds is 5. The van der Waals surface area contributed by atoms with Crippen molar-refractivity contribution < 1.29 is 18.0 Å². The van der Waals surface area contributed by atoms with Gasteiger partial charge in [0.15, 0.2) is 0 Å². The van der Waals surface area contributed by atoms with E-state index < -0.39 is 17.6 Å². The van der Waals surface area contributed by atoms with Gasteiger partial charge < -0.3 is 10.3 Å². The first-order valence-electron chi connectivity index (χ1n) is 11.3. The van der Waals surface area contributed by atoms with E-state index in [4.69, 9.17) is 5.73 Å². The van der Waals surface area contributed by atoms with Gasteiger partial charge in [0.1, 0.15) is 5.69 Å². The Balaban J connectivity index is 1.63. The fourth-order valence-corrected chi connectivity index (χ4v) is 4.19. The van der Waals surface area contributed by atoms with Crippen LogP contribution < -0.4 is 11.3 Å². The average molecular weight is 503 g/mol. The van der Waals surface area contributed by atoms with Gasteiger partial charge >= 0.3 is 6.18 Å². The predicted octanol–water partition coefficient (Wildman–Crippen LogP) is 4.98. The summed E-state index contributed by atoms with van der Waals surface area (Å²) in [6, 6.07) is 17.6. The standard InChI is InChI=1S/C27H20F3N5O2/c1-16(22-4-2-3-12-32-22)34-13-11-17(15-24(34)36)25-21-10-5-18(26(31)37)14-23(21)35(33-25)20-8-6-19(7-9-20)27(28,29)30/h2-16H,1H3,(H2,31,37)/t16-/m0/s1. The van der Waals surface area contributed by atoms with Crippen LogP contribution in [-0.2, 0) is 6.18 Å². The highest BCUT2D eigenvalue weighted by Crippen LogP contribution is 2.33. The number of pyridine rings is 2. The van der Waals surface area contributed by atoms with Gasteiger partial charge in [0.25, 0.3) is 5.56 Å². The van der Waals surface area contributed by atoms with Gasteiger partial charge in [-0.25, -0.2) is 4.68 Å². The maximum absolute atomic E-state index is 13.1. The normalized spacial score (nSPS) is 12.5. The van der Waals surface area contributed by atoms with E-state index in [1.54, 1.807) is 35.2 Å². The Morgan fingerprint density at radius 1 is 1.00 bits per heavy atom. The number of aromatic nitrogens is 4. The molecule has 0 spiro atoms. The van der Waals surface area contributed by atoms with E-state index >= 15 is 0 Å². The van der Waals surface area contributed by atoms with Gasteiger partial charge in [0.2, 0.25) is 5.91 Å². The second-order valence-electron chi connectivity index (χ2n) is 8.49. The van der Waals surface area contributed by atoms with Crippen molar-refractivity contribution in [2.75, 3.05) is 0 Å². The highest BCUT2D eigenvalue weighted by molar-refractivity contribution is 6.00. The third kappa shape index (κ3) is 4.49. The van der Waals surface area contributed by atoms with Gasteiger partial charge in [-0.1, -0.05) is 6.07 Å². The number of alkyl halides is 3. The van der Waals surface area contributed by atoms with Gasteiger partial charge in [0.05, 0.1) is 28.5 Å². The molecule has 186 valence electrons. The molecule has 2 aromatic carbocycles. The van der Waals surface area contributed by atoms with Crippen LogP contribution in [0, 0.1) is 0 Å². The highest BCUT2D eigenvalue weighted by atomic mass is 19.4. The van der Waals surface area contributed by atoms with E-state index in [1.165, 1.54) is 35.0 Å². The van der Waals surface area contributed by atoms with Crippen molar-refractivity contribution in [3.8, 4) is 16.9 Å². The van der Waals surface area contributed by atoms with Crippen molar-refractivity contribution in [3.05, 3.63) is 112 Å². The van der Waals surface area contributed by atoms with Crippen LogP contribution in [0.3, 0.4) is 0 Å². The molecule has 37 heavy (non-hydrogen) atoms. The van der Waals surface area contributed by atoms with Crippen LogP contribution in [0.2, 0.25) is 0 Å². The summed E-state index contributed by atoms with van der Waals surface area (Å²) in [6.07, 6.45) is -1.17. The summed E-state index contributed by atoms with van der Waals surface area (Å²) in [7, 11) is 0. The number of benzene rings is 2. The minimum atomic E-state index is -4.48. The molecule has 0 saturated heterocycles. The molecule has 0 radical (unpaired) electrons. The number of nitrogens with two attached hydrogens (primary N) is 1. The third-order valence-corrected chi connectivity index (χ3v) is 6.16. The van der Waals surface area contributed by atoms with E-state index in [0.717, 1.165) is 17.8 Å². The van der Waals surface area contributed by atoms with Crippen LogP contribution in [0.15, 0.2) is 90.0 Å². The molecule has 10 heteroatoms. The number of nitrogens with zero attached hydrogens (tertiary/aromatic N) is 4. The van der Waals surface area contributed by atoms with Gasteiger partial charge in [-0.05, 0) is 67.6 Å². The summed E-state index contributed by atoms with van der Waals surface area (Å²) in [5.74, 6) is -0.658. The summed E-state index contributed by atoms with van der Waals surface area (Å²) < 4.78 is 42.2. The lowest BCUT2D eigenvalue weighted by Gasteiger charge is -2.14. The second kappa shape index (κ2) is 9.05. The maximum Gasteiger partial charge on any atom is 0.416 e. The molecule has 5 rings (SSSR count). The lowest BCUT2D eigenvalue weighted by Crippen LogP contribution is -2.23. The fraction of sp³-hybridized carbons (Fsp3) is 0.111.